The molecule has 1 aliphatic heterocycles. The van der Waals surface area contributed by atoms with E-state index in [9.17, 15) is 0 Å². The van der Waals surface area contributed by atoms with E-state index in [2.05, 4.69) is 230 Å². The van der Waals surface area contributed by atoms with E-state index in [0.717, 1.165) is 5.69 Å². The maximum absolute atomic E-state index is 2.55. The van der Waals surface area contributed by atoms with Gasteiger partial charge < -0.3 is 4.90 Å². The number of hydrogen-bond donors (Lipinski definition) is 0. The van der Waals surface area contributed by atoms with Crippen LogP contribution in [-0.2, 0) is 5.41 Å². The maximum atomic E-state index is 2.55. The van der Waals surface area contributed by atoms with Crippen LogP contribution in [0.15, 0.2) is 218 Å². The average molecular weight is 774 g/mol. The molecule has 13 rings (SSSR count). The number of benzene rings is 11. The summed E-state index contributed by atoms with van der Waals surface area (Å²) in [4.78, 5) is 2.48. The summed E-state index contributed by atoms with van der Waals surface area (Å²) in [6.07, 6.45) is 0. The van der Waals surface area contributed by atoms with Crippen LogP contribution in [0.3, 0.4) is 0 Å². The van der Waals surface area contributed by atoms with Crippen molar-refractivity contribution < 1.29 is 0 Å². The third kappa shape index (κ3) is 4.78. The Hall–Kier alpha value is -7.74. The molecule has 0 bridgehead atoms. The molecule has 11 aromatic rings. The number of anilines is 3. The minimum absolute atomic E-state index is 0.619. The molecular weight excluding hydrogens is 735 g/mol. The summed E-state index contributed by atoms with van der Waals surface area (Å²) in [7, 11) is 0. The van der Waals surface area contributed by atoms with E-state index in [1.807, 2.05) is 0 Å². The SMILES string of the molecule is Cc1ccc(N2c3ccccc3C3(c4cc(-c5c6ccccc6cc6ccccc56)ccc4-c4ccc(-c5c6ccccc6cc6ccccc56)cc43)c3ccccc32)cc1. The van der Waals surface area contributed by atoms with E-state index in [1.54, 1.807) is 0 Å². The number of rotatable bonds is 3. The zero-order valence-corrected chi connectivity index (χ0v) is 33.7. The van der Waals surface area contributed by atoms with Crippen molar-refractivity contribution in [3.63, 3.8) is 0 Å². The molecule has 11 aromatic carbocycles. The predicted molar refractivity (Wildman–Crippen MR) is 258 cm³/mol. The molecule has 0 unspecified atom stereocenters. The first-order valence-corrected chi connectivity index (χ1v) is 21.3. The van der Waals surface area contributed by atoms with Gasteiger partial charge in [0, 0.05) is 5.69 Å². The molecule has 0 saturated carbocycles. The van der Waals surface area contributed by atoms with Crippen LogP contribution in [0.2, 0.25) is 0 Å². The first-order valence-electron chi connectivity index (χ1n) is 21.3. The number of aryl methyl sites for hydroxylation is 1. The lowest BCUT2D eigenvalue weighted by molar-refractivity contribution is 0.753. The van der Waals surface area contributed by atoms with E-state index < -0.39 is 5.41 Å². The summed E-state index contributed by atoms with van der Waals surface area (Å²) in [5, 5.41) is 10.1. The zero-order valence-electron chi connectivity index (χ0n) is 33.7. The van der Waals surface area contributed by atoms with E-state index >= 15 is 0 Å². The molecule has 1 heterocycles. The highest BCUT2D eigenvalue weighted by Crippen LogP contribution is 2.64. The summed E-state index contributed by atoms with van der Waals surface area (Å²) >= 11 is 0. The fraction of sp³-hybridized carbons (Fsp3) is 0.0333. The summed E-state index contributed by atoms with van der Waals surface area (Å²) < 4.78 is 0. The molecule has 0 N–H and O–H groups in total. The Labute approximate surface area is 355 Å². The van der Waals surface area contributed by atoms with Crippen molar-refractivity contribution in [1.29, 1.82) is 0 Å². The highest BCUT2D eigenvalue weighted by molar-refractivity contribution is 6.15. The Morgan fingerprint density at radius 3 is 1.13 bits per heavy atom. The molecule has 0 aromatic heterocycles. The lowest BCUT2D eigenvalue weighted by atomic mass is 9.64. The van der Waals surface area contributed by atoms with Crippen molar-refractivity contribution in [2.75, 3.05) is 4.90 Å². The summed E-state index contributed by atoms with van der Waals surface area (Å²) in [6, 6.07) is 82.2. The van der Waals surface area contributed by atoms with Gasteiger partial charge in [-0.25, -0.2) is 0 Å². The molecule has 0 atom stereocenters. The molecule has 1 aliphatic carbocycles. The molecule has 1 heteroatoms. The molecule has 1 nitrogen and oxygen atoms in total. The monoisotopic (exact) mass is 773 g/mol. The Kier molecular flexibility index (Phi) is 7.21. The molecule has 1 spiro atoms. The van der Waals surface area contributed by atoms with Crippen molar-refractivity contribution in [2.24, 2.45) is 0 Å². The maximum Gasteiger partial charge on any atom is 0.0754 e. The van der Waals surface area contributed by atoms with Crippen LogP contribution in [0.5, 0.6) is 0 Å². The van der Waals surface area contributed by atoms with Crippen LogP contribution in [0.25, 0.3) is 76.5 Å². The van der Waals surface area contributed by atoms with Gasteiger partial charge in [-0.2, -0.15) is 0 Å². The van der Waals surface area contributed by atoms with Gasteiger partial charge in [0.2, 0.25) is 0 Å². The molecule has 2 aliphatic rings. The van der Waals surface area contributed by atoms with Gasteiger partial charge in [-0.3, -0.25) is 0 Å². The third-order valence-electron chi connectivity index (χ3n) is 13.6. The molecule has 61 heavy (non-hydrogen) atoms. The van der Waals surface area contributed by atoms with Gasteiger partial charge in [-0.1, -0.05) is 175 Å². The zero-order chi connectivity index (χ0) is 40.2. The van der Waals surface area contributed by atoms with Gasteiger partial charge in [0.25, 0.3) is 0 Å². The van der Waals surface area contributed by atoms with Crippen LogP contribution < -0.4 is 4.90 Å². The number of fused-ring (bicyclic) bond motifs is 13. The average Bonchev–Trinajstić information content (AvgIpc) is 3.59. The summed E-state index contributed by atoms with van der Waals surface area (Å²) in [5.41, 5.74) is 17.0. The largest absolute Gasteiger partial charge is 0.310 e. The minimum Gasteiger partial charge on any atom is -0.310 e. The Morgan fingerprint density at radius 2 is 0.705 bits per heavy atom. The quantitative estimate of drug-likeness (QED) is 0.162. The van der Waals surface area contributed by atoms with Gasteiger partial charge in [0.1, 0.15) is 0 Å². The van der Waals surface area contributed by atoms with Crippen molar-refractivity contribution >= 4 is 60.2 Å². The second-order valence-corrected chi connectivity index (χ2v) is 16.9. The van der Waals surface area contributed by atoms with Crippen molar-refractivity contribution in [1.82, 2.24) is 0 Å². The highest BCUT2D eigenvalue weighted by Gasteiger charge is 2.52. The van der Waals surface area contributed by atoms with Crippen LogP contribution in [0, 0.1) is 6.92 Å². The molecule has 0 radical (unpaired) electrons. The normalized spacial score (nSPS) is 13.4. The fourth-order valence-electron chi connectivity index (χ4n) is 11.1. The van der Waals surface area contributed by atoms with Gasteiger partial charge in [-0.05, 0) is 154 Å². The van der Waals surface area contributed by atoms with Gasteiger partial charge >= 0.3 is 0 Å². The Morgan fingerprint density at radius 1 is 0.328 bits per heavy atom. The molecule has 0 saturated heterocycles. The highest BCUT2D eigenvalue weighted by atomic mass is 15.2. The number of nitrogens with zero attached hydrogens (tertiary/aromatic N) is 1. The fourth-order valence-corrected chi connectivity index (χ4v) is 11.1. The van der Waals surface area contributed by atoms with Crippen LogP contribution in [0.4, 0.5) is 17.1 Å². The molecule has 0 amide bonds. The smallest absolute Gasteiger partial charge is 0.0754 e. The van der Waals surface area contributed by atoms with E-state index in [0.29, 0.717) is 0 Å². The number of para-hydroxylation sites is 2. The lowest BCUT2D eigenvalue weighted by Gasteiger charge is -2.45. The standard InChI is InChI=1S/C60H39N/c1-38-26-30-45(31-27-38)61-56-24-12-10-22-52(56)60(53-23-11-13-25-57(53)61)54-36-43(58-46-18-6-2-14-39(46)34-40-15-3-7-19-47(40)58)28-32-50(54)51-33-29-44(37-55(51)60)59-48-20-8-4-16-41(48)35-42-17-5-9-21-49(42)59/h2-37H,1H3. The van der Waals surface area contributed by atoms with E-state index in [1.165, 1.54) is 116 Å². The Bertz CT molecular complexity index is 3280. The molecule has 284 valence electrons. The second-order valence-electron chi connectivity index (χ2n) is 16.9. The minimum atomic E-state index is -0.619. The van der Waals surface area contributed by atoms with Crippen molar-refractivity contribution in [3.05, 3.63) is 246 Å². The van der Waals surface area contributed by atoms with E-state index in [4.69, 9.17) is 0 Å². The van der Waals surface area contributed by atoms with Crippen LogP contribution in [-0.4, -0.2) is 0 Å². The second kappa shape index (κ2) is 12.9. The van der Waals surface area contributed by atoms with Crippen LogP contribution in [0.1, 0.15) is 27.8 Å². The lowest BCUT2D eigenvalue weighted by Crippen LogP contribution is -2.36. The molecule has 0 fully saturated rings. The third-order valence-corrected chi connectivity index (χ3v) is 13.6. The summed E-state index contributed by atoms with van der Waals surface area (Å²) in [5.74, 6) is 0. The van der Waals surface area contributed by atoms with Gasteiger partial charge in [0.05, 0.1) is 16.8 Å². The Balaban J connectivity index is 1.17. The summed E-state index contributed by atoms with van der Waals surface area (Å²) in [6.45, 7) is 2.16. The van der Waals surface area contributed by atoms with Gasteiger partial charge in [0.15, 0.2) is 0 Å². The van der Waals surface area contributed by atoms with E-state index in [-0.39, 0.29) is 0 Å². The number of hydrogen-bond acceptors (Lipinski definition) is 1. The predicted octanol–water partition coefficient (Wildman–Crippen LogP) is 16.1. The van der Waals surface area contributed by atoms with Crippen LogP contribution >= 0.6 is 0 Å². The topological polar surface area (TPSA) is 3.24 Å². The van der Waals surface area contributed by atoms with Crippen molar-refractivity contribution in [2.45, 2.75) is 12.3 Å². The first kappa shape index (κ1) is 34.2. The molecular formula is C60H39N. The van der Waals surface area contributed by atoms with Gasteiger partial charge in [-0.15, -0.1) is 0 Å². The van der Waals surface area contributed by atoms with Crippen molar-refractivity contribution in [3.8, 4) is 33.4 Å². The first-order chi connectivity index (χ1) is 30.2.